The van der Waals surface area contributed by atoms with Crippen LogP contribution in [0.5, 0.6) is 0 Å². The van der Waals surface area contributed by atoms with E-state index in [4.69, 9.17) is 11.6 Å². The Bertz CT molecular complexity index is 838. The Morgan fingerprint density at radius 3 is 2.54 bits per heavy atom. The van der Waals surface area contributed by atoms with Crippen LogP contribution in [0.2, 0.25) is 5.02 Å². The maximum Gasteiger partial charge on any atom is 0.267 e. The number of hydrogen-bond donors (Lipinski definition) is 0. The number of allylic oxidation sites excluding steroid dienone is 1. The van der Waals surface area contributed by atoms with Gasteiger partial charge in [-0.2, -0.15) is 5.10 Å². The van der Waals surface area contributed by atoms with Crippen LogP contribution in [0.25, 0.3) is 5.57 Å². The first-order valence-corrected chi connectivity index (χ1v) is 7.96. The summed E-state index contributed by atoms with van der Waals surface area (Å²) in [5, 5.41) is 4.84. The molecule has 0 unspecified atom stereocenters. The summed E-state index contributed by atoms with van der Waals surface area (Å²) < 4.78 is 1.37. The van der Waals surface area contributed by atoms with Gasteiger partial charge in [0.25, 0.3) is 5.56 Å². The highest BCUT2D eigenvalue weighted by Gasteiger charge is 2.18. The lowest BCUT2D eigenvalue weighted by Gasteiger charge is -2.14. The highest BCUT2D eigenvalue weighted by Crippen LogP contribution is 2.20. The summed E-state index contributed by atoms with van der Waals surface area (Å²) in [4.78, 5) is 26.6. The third-order valence-electron chi connectivity index (χ3n) is 3.31. The van der Waals surface area contributed by atoms with Gasteiger partial charge in [-0.05, 0) is 32.0 Å². The number of aromatic nitrogens is 2. The van der Waals surface area contributed by atoms with Gasteiger partial charge in [0.05, 0.1) is 17.3 Å². The van der Waals surface area contributed by atoms with E-state index in [9.17, 15) is 9.59 Å². The second-order valence-electron chi connectivity index (χ2n) is 5.94. The van der Waals surface area contributed by atoms with Gasteiger partial charge in [-0.1, -0.05) is 23.7 Å². The first-order chi connectivity index (χ1) is 11.3. The molecule has 0 fully saturated rings. The highest BCUT2D eigenvalue weighted by atomic mass is 35.5. The minimum atomic E-state index is -0.201. The smallest absolute Gasteiger partial charge is 0.267 e. The summed E-state index contributed by atoms with van der Waals surface area (Å²) >= 11 is 5.99. The van der Waals surface area contributed by atoms with Crippen LogP contribution in [-0.2, 0) is 0 Å². The van der Waals surface area contributed by atoms with Crippen LogP contribution in [0.3, 0.4) is 0 Å². The molecular formula is C18H20ClN3O2. The Kier molecular flexibility index (Phi) is 5.57. The first-order valence-electron chi connectivity index (χ1n) is 7.58. The van der Waals surface area contributed by atoms with Crippen molar-refractivity contribution in [3.63, 3.8) is 0 Å². The quantitative estimate of drug-likeness (QED) is 0.616. The molecular weight excluding hydrogens is 326 g/mol. The second-order valence-corrected chi connectivity index (χ2v) is 6.38. The normalized spacial score (nSPS) is 11.7. The van der Waals surface area contributed by atoms with Gasteiger partial charge in [0.1, 0.15) is 0 Å². The minimum absolute atomic E-state index is 0.0978. The van der Waals surface area contributed by atoms with Crippen molar-refractivity contribution in [2.24, 2.45) is 0 Å². The Morgan fingerprint density at radius 2 is 1.96 bits per heavy atom. The number of nitrogens with zero attached hydrogens (tertiary/aromatic N) is 3. The largest absolute Gasteiger partial charge is 0.383 e. The van der Waals surface area contributed by atoms with Crippen molar-refractivity contribution in [1.82, 2.24) is 14.7 Å². The van der Waals surface area contributed by atoms with E-state index in [2.05, 4.69) is 5.10 Å². The molecule has 0 atom stereocenters. The molecule has 2 rings (SSSR count). The Morgan fingerprint density at radius 1 is 1.25 bits per heavy atom. The van der Waals surface area contributed by atoms with E-state index in [0.717, 1.165) is 0 Å². The number of ketones is 1. The van der Waals surface area contributed by atoms with Gasteiger partial charge in [-0.3, -0.25) is 9.59 Å². The molecule has 0 aliphatic carbocycles. The molecule has 126 valence electrons. The molecule has 0 amide bonds. The summed E-state index contributed by atoms with van der Waals surface area (Å²) in [5.74, 6) is -0.201. The van der Waals surface area contributed by atoms with E-state index in [0.29, 0.717) is 21.9 Å². The van der Waals surface area contributed by atoms with E-state index < -0.39 is 0 Å². The average molecular weight is 346 g/mol. The van der Waals surface area contributed by atoms with Crippen molar-refractivity contribution in [2.75, 3.05) is 14.1 Å². The molecule has 5 nitrogen and oxygen atoms in total. The van der Waals surface area contributed by atoms with Crippen molar-refractivity contribution in [3.8, 4) is 0 Å². The Labute approximate surface area is 146 Å². The molecule has 6 heteroatoms. The van der Waals surface area contributed by atoms with Crippen LogP contribution in [0.1, 0.15) is 35.9 Å². The minimum Gasteiger partial charge on any atom is -0.383 e. The summed E-state index contributed by atoms with van der Waals surface area (Å²) in [5.41, 5.74) is 1.12. The van der Waals surface area contributed by atoms with Crippen molar-refractivity contribution < 1.29 is 4.79 Å². The lowest BCUT2D eigenvalue weighted by Crippen LogP contribution is -2.25. The van der Waals surface area contributed by atoms with Gasteiger partial charge < -0.3 is 4.90 Å². The third-order valence-corrected chi connectivity index (χ3v) is 3.54. The molecule has 0 aliphatic heterocycles. The molecule has 0 bridgehead atoms. The summed E-state index contributed by atoms with van der Waals surface area (Å²) in [7, 11) is 3.65. The SMILES string of the molecule is CC(C)n1nc(/C(=C/N(C)C)C(=O)c2cccc(Cl)c2)ccc1=O. The fraction of sp³-hybridized carbons (Fsp3) is 0.278. The summed E-state index contributed by atoms with van der Waals surface area (Å²) in [6.07, 6.45) is 1.70. The van der Waals surface area contributed by atoms with Crippen LogP contribution >= 0.6 is 11.6 Å². The highest BCUT2D eigenvalue weighted by molar-refractivity contribution is 6.33. The number of carbonyl (C=O) groups excluding carboxylic acids is 1. The zero-order chi connectivity index (χ0) is 17.9. The van der Waals surface area contributed by atoms with Gasteiger partial charge in [-0.15, -0.1) is 0 Å². The van der Waals surface area contributed by atoms with E-state index in [1.165, 1.54) is 10.7 Å². The van der Waals surface area contributed by atoms with Crippen molar-refractivity contribution in [3.05, 3.63) is 69.2 Å². The number of benzene rings is 1. The number of carbonyl (C=O) groups is 1. The molecule has 1 aromatic carbocycles. The number of halogens is 1. The van der Waals surface area contributed by atoms with Crippen LogP contribution in [0.4, 0.5) is 0 Å². The topological polar surface area (TPSA) is 55.2 Å². The maximum absolute atomic E-state index is 12.9. The van der Waals surface area contributed by atoms with E-state index in [1.54, 1.807) is 41.4 Å². The van der Waals surface area contributed by atoms with Crippen molar-refractivity contribution in [2.45, 2.75) is 19.9 Å². The van der Waals surface area contributed by atoms with Crippen LogP contribution < -0.4 is 5.56 Å². The Balaban J connectivity index is 2.57. The van der Waals surface area contributed by atoms with E-state index >= 15 is 0 Å². The lowest BCUT2D eigenvalue weighted by atomic mass is 10.0. The maximum atomic E-state index is 12.9. The molecule has 0 saturated heterocycles. The fourth-order valence-electron chi connectivity index (χ4n) is 2.22. The molecule has 1 heterocycles. The summed E-state index contributed by atoms with van der Waals surface area (Å²) in [6, 6.07) is 9.66. The molecule has 2 aromatic rings. The molecule has 1 aromatic heterocycles. The zero-order valence-electron chi connectivity index (χ0n) is 14.2. The molecule has 0 saturated carbocycles. The predicted octanol–water partition coefficient (Wildman–Crippen LogP) is 3.26. The average Bonchev–Trinajstić information content (AvgIpc) is 2.52. The van der Waals surface area contributed by atoms with Gasteiger partial charge >= 0.3 is 0 Å². The van der Waals surface area contributed by atoms with Crippen LogP contribution in [0, 0.1) is 0 Å². The first kappa shape index (κ1) is 17.9. The fourth-order valence-corrected chi connectivity index (χ4v) is 2.41. The third kappa shape index (κ3) is 4.11. The zero-order valence-corrected chi connectivity index (χ0v) is 14.9. The Hall–Kier alpha value is -2.40. The predicted molar refractivity (Wildman–Crippen MR) is 96.3 cm³/mol. The molecule has 0 N–H and O–H groups in total. The second kappa shape index (κ2) is 7.45. The monoisotopic (exact) mass is 345 g/mol. The number of hydrogen-bond acceptors (Lipinski definition) is 4. The molecule has 0 spiro atoms. The number of Topliss-reactive ketones (excluding diaryl/α,β-unsaturated/α-hetero) is 1. The molecule has 24 heavy (non-hydrogen) atoms. The van der Waals surface area contributed by atoms with E-state index in [-0.39, 0.29) is 17.4 Å². The van der Waals surface area contributed by atoms with Gasteiger partial charge in [0.15, 0.2) is 5.78 Å². The molecule has 0 radical (unpaired) electrons. The molecule has 0 aliphatic rings. The standard InChI is InChI=1S/C18H20ClN3O2/c1-12(2)22-17(23)9-8-16(20-22)15(11-21(3)4)18(24)13-6-5-7-14(19)10-13/h5-12H,1-4H3/b15-11-. The van der Waals surface area contributed by atoms with Gasteiger partial charge in [0, 0.05) is 36.9 Å². The van der Waals surface area contributed by atoms with Crippen molar-refractivity contribution >= 4 is 23.0 Å². The summed E-state index contributed by atoms with van der Waals surface area (Å²) in [6.45, 7) is 3.73. The van der Waals surface area contributed by atoms with Crippen LogP contribution in [0.15, 0.2) is 47.4 Å². The lowest BCUT2D eigenvalue weighted by molar-refractivity contribution is 0.105. The number of rotatable bonds is 5. The van der Waals surface area contributed by atoms with Crippen LogP contribution in [-0.4, -0.2) is 34.6 Å². The van der Waals surface area contributed by atoms with Crippen molar-refractivity contribution in [1.29, 1.82) is 0 Å². The van der Waals surface area contributed by atoms with E-state index in [1.807, 2.05) is 27.9 Å². The van der Waals surface area contributed by atoms with Gasteiger partial charge in [0.2, 0.25) is 0 Å². The van der Waals surface area contributed by atoms with Gasteiger partial charge in [-0.25, -0.2) is 4.68 Å².